The van der Waals surface area contributed by atoms with Gasteiger partial charge in [0.25, 0.3) is 0 Å². The lowest BCUT2D eigenvalue weighted by molar-refractivity contribution is -0.138. The molecule has 1 atom stereocenters. The van der Waals surface area contributed by atoms with Crippen LogP contribution in [0.25, 0.3) is 0 Å². The van der Waals surface area contributed by atoms with Gasteiger partial charge >= 0.3 is 5.97 Å². The minimum Gasteiger partial charge on any atom is -0.481 e. The van der Waals surface area contributed by atoms with Gasteiger partial charge in [-0.15, -0.1) is 10.2 Å². The summed E-state index contributed by atoms with van der Waals surface area (Å²) in [5.74, 6) is -0.958. The first-order chi connectivity index (χ1) is 6.50. The van der Waals surface area contributed by atoms with Crippen molar-refractivity contribution in [2.24, 2.45) is 5.92 Å². The van der Waals surface area contributed by atoms with Gasteiger partial charge in [-0.3, -0.25) is 4.79 Å². The monoisotopic (exact) mass is 198 g/mol. The molecular formula is C8H14N4O2. The molecule has 0 bridgehead atoms. The van der Waals surface area contributed by atoms with Crippen molar-refractivity contribution in [3.05, 3.63) is 5.82 Å². The molecule has 1 unspecified atom stereocenters. The molecule has 0 fully saturated rings. The summed E-state index contributed by atoms with van der Waals surface area (Å²) in [7, 11) is 0. The number of tetrazole rings is 1. The molecule has 1 aromatic heterocycles. The van der Waals surface area contributed by atoms with Crippen molar-refractivity contribution < 1.29 is 9.90 Å². The summed E-state index contributed by atoms with van der Waals surface area (Å²) < 4.78 is 0. The lowest BCUT2D eigenvalue weighted by Crippen LogP contribution is -2.11. The number of carboxylic acids is 1. The predicted molar refractivity (Wildman–Crippen MR) is 48.7 cm³/mol. The SMILES string of the molecule is CC(C)Cn1nnc(C(C)C(=O)O)n1. The van der Waals surface area contributed by atoms with E-state index >= 15 is 0 Å². The number of nitrogens with zero attached hydrogens (tertiary/aromatic N) is 4. The zero-order chi connectivity index (χ0) is 10.7. The van der Waals surface area contributed by atoms with Crippen LogP contribution < -0.4 is 0 Å². The third-order valence-electron chi connectivity index (χ3n) is 1.75. The van der Waals surface area contributed by atoms with Crippen LogP contribution in [0.15, 0.2) is 0 Å². The second-order valence-corrected chi connectivity index (χ2v) is 3.66. The largest absolute Gasteiger partial charge is 0.481 e. The standard InChI is InChI=1S/C8H14N4O2/c1-5(2)4-12-10-7(9-11-12)6(3)8(13)14/h5-6H,4H2,1-3H3,(H,13,14). The lowest BCUT2D eigenvalue weighted by Gasteiger charge is -2.01. The highest BCUT2D eigenvalue weighted by Gasteiger charge is 2.19. The van der Waals surface area contributed by atoms with E-state index in [0.29, 0.717) is 12.5 Å². The highest BCUT2D eigenvalue weighted by molar-refractivity contribution is 5.74. The Morgan fingerprint density at radius 1 is 1.50 bits per heavy atom. The molecule has 0 radical (unpaired) electrons. The summed E-state index contributed by atoms with van der Waals surface area (Å²) >= 11 is 0. The van der Waals surface area contributed by atoms with Crippen molar-refractivity contribution in [1.29, 1.82) is 0 Å². The van der Waals surface area contributed by atoms with Gasteiger partial charge in [0.2, 0.25) is 0 Å². The number of carbonyl (C=O) groups is 1. The fourth-order valence-corrected chi connectivity index (χ4v) is 0.943. The fourth-order valence-electron chi connectivity index (χ4n) is 0.943. The Bertz CT molecular complexity index is 321. The van der Waals surface area contributed by atoms with E-state index in [0.717, 1.165) is 0 Å². The molecule has 0 spiro atoms. The molecule has 78 valence electrons. The van der Waals surface area contributed by atoms with E-state index in [1.807, 2.05) is 13.8 Å². The van der Waals surface area contributed by atoms with Gasteiger partial charge in [-0.05, 0) is 18.1 Å². The molecule has 1 rings (SSSR count). The molecule has 0 aromatic carbocycles. The Labute approximate surface area is 81.9 Å². The fraction of sp³-hybridized carbons (Fsp3) is 0.750. The first kappa shape index (κ1) is 10.6. The Hall–Kier alpha value is -1.46. The summed E-state index contributed by atoms with van der Waals surface area (Å²) in [5.41, 5.74) is 0. The molecule has 1 heterocycles. The number of aliphatic carboxylic acids is 1. The maximum absolute atomic E-state index is 10.6. The van der Waals surface area contributed by atoms with Gasteiger partial charge in [0.05, 0.1) is 6.54 Å². The molecule has 0 aliphatic heterocycles. The Kier molecular flexibility index (Phi) is 3.16. The molecule has 0 amide bonds. The normalized spacial score (nSPS) is 13.1. The first-order valence-corrected chi connectivity index (χ1v) is 4.51. The van der Waals surface area contributed by atoms with E-state index in [-0.39, 0.29) is 5.82 Å². The Morgan fingerprint density at radius 3 is 2.64 bits per heavy atom. The van der Waals surface area contributed by atoms with Gasteiger partial charge < -0.3 is 5.11 Å². The summed E-state index contributed by atoms with van der Waals surface area (Å²) in [6.07, 6.45) is 0. The van der Waals surface area contributed by atoms with E-state index in [1.165, 1.54) is 4.80 Å². The van der Waals surface area contributed by atoms with E-state index in [4.69, 9.17) is 5.11 Å². The maximum Gasteiger partial charge on any atom is 0.314 e. The molecule has 14 heavy (non-hydrogen) atoms. The zero-order valence-corrected chi connectivity index (χ0v) is 8.51. The third-order valence-corrected chi connectivity index (χ3v) is 1.75. The van der Waals surface area contributed by atoms with Gasteiger partial charge in [-0.2, -0.15) is 4.80 Å². The Balaban J connectivity index is 2.72. The topological polar surface area (TPSA) is 80.9 Å². The van der Waals surface area contributed by atoms with Crippen molar-refractivity contribution in [3.63, 3.8) is 0 Å². The predicted octanol–water partition coefficient (Wildman–Crippen LogP) is 0.517. The number of carboxylic acid groups (broad SMARTS) is 1. The number of rotatable bonds is 4. The van der Waals surface area contributed by atoms with Crippen molar-refractivity contribution >= 4 is 5.97 Å². The summed E-state index contributed by atoms with van der Waals surface area (Å²) in [4.78, 5) is 12.0. The molecule has 0 aliphatic carbocycles. The van der Waals surface area contributed by atoms with Crippen LogP contribution in [0.1, 0.15) is 32.5 Å². The molecular weight excluding hydrogens is 184 g/mol. The summed E-state index contributed by atoms with van der Waals surface area (Å²) in [5, 5.41) is 20.2. The minimum absolute atomic E-state index is 0.262. The molecule has 6 nitrogen and oxygen atoms in total. The molecule has 6 heteroatoms. The zero-order valence-electron chi connectivity index (χ0n) is 8.51. The van der Waals surface area contributed by atoms with Gasteiger partial charge in [0.15, 0.2) is 5.82 Å². The second-order valence-electron chi connectivity index (χ2n) is 3.66. The van der Waals surface area contributed by atoms with Crippen LogP contribution in [-0.4, -0.2) is 31.3 Å². The molecule has 0 aliphatic rings. The second kappa shape index (κ2) is 4.17. The minimum atomic E-state index is -0.936. The van der Waals surface area contributed by atoms with E-state index in [9.17, 15) is 4.79 Å². The molecule has 0 saturated heterocycles. The average molecular weight is 198 g/mol. The van der Waals surface area contributed by atoms with Crippen molar-refractivity contribution in [1.82, 2.24) is 20.2 Å². The van der Waals surface area contributed by atoms with Crippen LogP contribution in [0.3, 0.4) is 0 Å². The van der Waals surface area contributed by atoms with Crippen LogP contribution in [0.2, 0.25) is 0 Å². The van der Waals surface area contributed by atoms with Crippen molar-refractivity contribution in [2.45, 2.75) is 33.2 Å². The number of hydrogen-bond donors (Lipinski definition) is 1. The van der Waals surface area contributed by atoms with E-state index in [1.54, 1.807) is 6.92 Å². The highest BCUT2D eigenvalue weighted by Crippen LogP contribution is 2.08. The Morgan fingerprint density at radius 2 is 2.14 bits per heavy atom. The number of hydrogen-bond acceptors (Lipinski definition) is 4. The van der Waals surface area contributed by atoms with Crippen molar-refractivity contribution in [3.8, 4) is 0 Å². The average Bonchev–Trinajstić information content (AvgIpc) is 2.50. The van der Waals surface area contributed by atoms with E-state index < -0.39 is 11.9 Å². The van der Waals surface area contributed by atoms with Crippen LogP contribution in [0, 0.1) is 5.92 Å². The van der Waals surface area contributed by atoms with E-state index in [2.05, 4.69) is 15.4 Å². The highest BCUT2D eigenvalue weighted by atomic mass is 16.4. The summed E-state index contributed by atoms with van der Waals surface area (Å²) in [6.45, 7) is 6.26. The van der Waals surface area contributed by atoms with Gasteiger partial charge in [0.1, 0.15) is 5.92 Å². The summed E-state index contributed by atoms with van der Waals surface area (Å²) in [6, 6.07) is 0. The van der Waals surface area contributed by atoms with Gasteiger partial charge in [0, 0.05) is 0 Å². The quantitative estimate of drug-likeness (QED) is 0.762. The molecule has 1 N–H and O–H groups in total. The van der Waals surface area contributed by atoms with Crippen LogP contribution in [0.4, 0.5) is 0 Å². The molecule has 1 aromatic rings. The van der Waals surface area contributed by atoms with Crippen LogP contribution in [0.5, 0.6) is 0 Å². The van der Waals surface area contributed by atoms with Crippen LogP contribution >= 0.6 is 0 Å². The van der Waals surface area contributed by atoms with Crippen molar-refractivity contribution in [2.75, 3.05) is 0 Å². The third kappa shape index (κ3) is 2.51. The van der Waals surface area contributed by atoms with Gasteiger partial charge in [-0.1, -0.05) is 13.8 Å². The van der Waals surface area contributed by atoms with Crippen LogP contribution in [-0.2, 0) is 11.3 Å². The lowest BCUT2D eigenvalue weighted by atomic mass is 10.2. The number of aromatic nitrogens is 4. The first-order valence-electron chi connectivity index (χ1n) is 4.51. The van der Waals surface area contributed by atoms with Gasteiger partial charge in [-0.25, -0.2) is 0 Å². The molecule has 0 saturated carbocycles. The maximum atomic E-state index is 10.6. The smallest absolute Gasteiger partial charge is 0.314 e.